The smallest absolute Gasteiger partial charge is 0.255 e. The summed E-state index contributed by atoms with van der Waals surface area (Å²) in [6.07, 6.45) is 6.89. The minimum Gasteiger partial charge on any atom is -0.337 e. The van der Waals surface area contributed by atoms with Crippen LogP contribution in [0, 0.1) is 5.92 Å². The summed E-state index contributed by atoms with van der Waals surface area (Å²) < 4.78 is 1.82. The van der Waals surface area contributed by atoms with Gasteiger partial charge in [0.25, 0.3) is 5.91 Å². The molecule has 116 valence electrons. The Kier molecular flexibility index (Phi) is 4.47. The van der Waals surface area contributed by atoms with Crippen LogP contribution in [0.3, 0.4) is 0 Å². The fourth-order valence-corrected chi connectivity index (χ4v) is 3.80. The third-order valence-electron chi connectivity index (χ3n) is 3.89. The van der Waals surface area contributed by atoms with E-state index >= 15 is 0 Å². The van der Waals surface area contributed by atoms with Crippen LogP contribution in [-0.2, 0) is 0 Å². The van der Waals surface area contributed by atoms with E-state index in [1.54, 1.807) is 18.7 Å². The first-order chi connectivity index (χ1) is 10.6. The summed E-state index contributed by atoms with van der Waals surface area (Å²) in [4.78, 5) is 22.9. The van der Waals surface area contributed by atoms with Gasteiger partial charge in [0, 0.05) is 42.7 Å². The van der Waals surface area contributed by atoms with E-state index in [-0.39, 0.29) is 5.91 Å². The molecule has 3 rings (SSSR count). The SMILES string of the molecule is CC(C)[C@@H]1CN(C(=O)c2ccc(-n3ccnc3)nc2)CCS1. The molecule has 1 amide bonds. The second-order valence-electron chi connectivity index (χ2n) is 5.78. The fourth-order valence-electron chi connectivity index (χ4n) is 2.51. The van der Waals surface area contributed by atoms with E-state index in [1.807, 2.05) is 39.6 Å². The van der Waals surface area contributed by atoms with Gasteiger partial charge >= 0.3 is 0 Å². The van der Waals surface area contributed by atoms with Gasteiger partial charge in [-0.1, -0.05) is 13.8 Å². The molecule has 0 spiro atoms. The predicted octanol–water partition coefficient (Wildman–Crippen LogP) is 2.48. The molecule has 0 radical (unpaired) electrons. The quantitative estimate of drug-likeness (QED) is 0.873. The van der Waals surface area contributed by atoms with Crippen molar-refractivity contribution in [2.24, 2.45) is 5.92 Å². The van der Waals surface area contributed by atoms with E-state index in [2.05, 4.69) is 23.8 Å². The molecule has 0 aromatic carbocycles. The van der Waals surface area contributed by atoms with Crippen molar-refractivity contribution in [2.45, 2.75) is 19.1 Å². The van der Waals surface area contributed by atoms with Crippen molar-refractivity contribution in [1.29, 1.82) is 0 Å². The van der Waals surface area contributed by atoms with E-state index in [0.29, 0.717) is 16.7 Å². The number of carbonyl (C=O) groups excluding carboxylic acids is 1. The van der Waals surface area contributed by atoms with Crippen molar-refractivity contribution in [3.05, 3.63) is 42.6 Å². The Morgan fingerprint density at radius 1 is 1.41 bits per heavy atom. The van der Waals surface area contributed by atoms with Crippen LogP contribution in [0.25, 0.3) is 5.82 Å². The molecule has 6 heteroatoms. The van der Waals surface area contributed by atoms with Crippen molar-refractivity contribution in [3.63, 3.8) is 0 Å². The maximum absolute atomic E-state index is 12.6. The second kappa shape index (κ2) is 6.52. The Hall–Kier alpha value is -1.82. The van der Waals surface area contributed by atoms with Crippen LogP contribution < -0.4 is 0 Å². The number of hydrogen-bond donors (Lipinski definition) is 0. The summed E-state index contributed by atoms with van der Waals surface area (Å²) in [5.74, 6) is 2.44. The second-order valence-corrected chi connectivity index (χ2v) is 7.13. The van der Waals surface area contributed by atoms with Crippen LogP contribution in [0.1, 0.15) is 24.2 Å². The number of rotatable bonds is 3. The van der Waals surface area contributed by atoms with Gasteiger partial charge in [-0.2, -0.15) is 11.8 Å². The van der Waals surface area contributed by atoms with Crippen molar-refractivity contribution < 1.29 is 4.79 Å². The Balaban J connectivity index is 1.72. The summed E-state index contributed by atoms with van der Waals surface area (Å²) in [5, 5.41) is 0.524. The first kappa shape index (κ1) is 15.1. The highest BCUT2D eigenvalue weighted by Gasteiger charge is 2.26. The van der Waals surface area contributed by atoms with Crippen LogP contribution in [-0.4, -0.2) is 49.4 Å². The molecular weight excluding hydrogens is 296 g/mol. The van der Waals surface area contributed by atoms with Gasteiger partial charge in [-0.05, 0) is 18.1 Å². The zero-order valence-electron chi connectivity index (χ0n) is 12.8. The molecule has 22 heavy (non-hydrogen) atoms. The van der Waals surface area contributed by atoms with Crippen molar-refractivity contribution in [1.82, 2.24) is 19.4 Å². The van der Waals surface area contributed by atoms with E-state index in [9.17, 15) is 4.79 Å². The number of thioether (sulfide) groups is 1. The fraction of sp³-hybridized carbons (Fsp3) is 0.438. The number of aromatic nitrogens is 3. The van der Waals surface area contributed by atoms with E-state index in [0.717, 1.165) is 24.7 Å². The number of nitrogens with zero attached hydrogens (tertiary/aromatic N) is 4. The summed E-state index contributed by atoms with van der Waals surface area (Å²) >= 11 is 1.97. The summed E-state index contributed by atoms with van der Waals surface area (Å²) in [6.45, 7) is 6.07. The maximum atomic E-state index is 12.6. The lowest BCUT2D eigenvalue weighted by Gasteiger charge is -2.34. The minimum absolute atomic E-state index is 0.0793. The molecule has 1 aliphatic heterocycles. The van der Waals surface area contributed by atoms with Gasteiger partial charge in [-0.15, -0.1) is 0 Å². The average molecular weight is 316 g/mol. The van der Waals surface area contributed by atoms with E-state index in [1.165, 1.54) is 0 Å². The molecule has 0 bridgehead atoms. The molecule has 2 aromatic rings. The van der Waals surface area contributed by atoms with Crippen LogP contribution in [0.4, 0.5) is 0 Å². The zero-order chi connectivity index (χ0) is 15.5. The molecule has 1 atom stereocenters. The van der Waals surface area contributed by atoms with Crippen LogP contribution >= 0.6 is 11.8 Å². The monoisotopic (exact) mass is 316 g/mol. The molecule has 2 aromatic heterocycles. The molecule has 5 nitrogen and oxygen atoms in total. The average Bonchev–Trinajstić information content (AvgIpc) is 3.09. The van der Waals surface area contributed by atoms with Crippen LogP contribution in [0.15, 0.2) is 37.1 Å². The Morgan fingerprint density at radius 2 is 2.27 bits per heavy atom. The lowest BCUT2D eigenvalue weighted by atomic mass is 10.1. The lowest BCUT2D eigenvalue weighted by Crippen LogP contribution is -2.43. The van der Waals surface area contributed by atoms with Crippen molar-refractivity contribution in [2.75, 3.05) is 18.8 Å². The molecule has 1 fully saturated rings. The van der Waals surface area contributed by atoms with Crippen LogP contribution in [0.5, 0.6) is 0 Å². The highest BCUT2D eigenvalue weighted by Crippen LogP contribution is 2.25. The highest BCUT2D eigenvalue weighted by atomic mass is 32.2. The van der Waals surface area contributed by atoms with Crippen molar-refractivity contribution in [3.8, 4) is 5.82 Å². The van der Waals surface area contributed by atoms with Gasteiger partial charge in [-0.25, -0.2) is 9.97 Å². The van der Waals surface area contributed by atoms with Crippen molar-refractivity contribution >= 4 is 17.7 Å². The molecule has 3 heterocycles. The first-order valence-electron chi connectivity index (χ1n) is 7.50. The highest BCUT2D eigenvalue weighted by molar-refractivity contribution is 8.00. The van der Waals surface area contributed by atoms with Gasteiger partial charge in [0.1, 0.15) is 12.1 Å². The topological polar surface area (TPSA) is 51.0 Å². The van der Waals surface area contributed by atoms with E-state index in [4.69, 9.17) is 0 Å². The lowest BCUT2D eigenvalue weighted by molar-refractivity contribution is 0.0755. The third-order valence-corrected chi connectivity index (χ3v) is 5.43. The molecule has 0 aliphatic carbocycles. The molecule has 0 N–H and O–H groups in total. The minimum atomic E-state index is 0.0793. The molecule has 1 saturated heterocycles. The number of amides is 1. The molecular formula is C16H20N4OS. The Bertz CT molecular complexity index is 624. The number of carbonyl (C=O) groups is 1. The van der Waals surface area contributed by atoms with Gasteiger partial charge in [0.05, 0.1) is 5.56 Å². The zero-order valence-corrected chi connectivity index (χ0v) is 13.7. The Morgan fingerprint density at radius 3 is 2.91 bits per heavy atom. The number of imidazole rings is 1. The van der Waals surface area contributed by atoms with Crippen LogP contribution in [0.2, 0.25) is 0 Å². The molecule has 0 unspecified atom stereocenters. The summed E-state index contributed by atoms with van der Waals surface area (Å²) in [6, 6.07) is 3.70. The van der Waals surface area contributed by atoms with E-state index < -0.39 is 0 Å². The number of hydrogen-bond acceptors (Lipinski definition) is 4. The molecule has 1 aliphatic rings. The largest absolute Gasteiger partial charge is 0.337 e. The molecule has 0 saturated carbocycles. The maximum Gasteiger partial charge on any atom is 0.255 e. The summed E-state index contributed by atoms with van der Waals surface area (Å²) in [5.41, 5.74) is 0.651. The Labute approximate surface area is 134 Å². The predicted molar refractivity (Wildman–Crippen MR) is 88.3 cm³/mol. The standard InChI is InChI=1S/C16H20N4OS/c1-12(2)14-10-19(7-8-22-14)16(21)13-3-4-15(18-9-13)20-6-5-17-11-20/h3-6,9,11-12,14H,7-8,10H2,1-2H3/t14-/m0/s1. The first-order valence-corrected chi connectivity index (χ1v) is 8.55. The third kappa shape index (κ3) is 3.16. The number of pyridine rings is 1. The van der Waals surface area contributed by atoms with Gasteiger partial charge in [0.2, 0.25) is 0 Å². The van der Waals surface area contributed by atoms with Gasteiger partial charge < -0.3 is 4.90 Å². The summed E-state index contributed by atoms with van der Waals surface area (Å²) in [7, 11) is 0. The van der Waals surface area contributed by atoms with Gasteiger partial charge in [-0.3, -0.25) is 9.36 Å². The normalized spacial score (nSPS) is 18.7. The van der Waals surface area contributed by atoms with Gasteiger partial charge in [0.15, 0.2) is 0 Å².